The second-order valence-corrected chi connectivity index (χ2v) is 9.85. The van der Waals surface area contributed by atoms with E-state index in [0.29, 0.717) is 18.7 Å². The summed E-state index contributed by atoms with van der Waals surface area (Å²) in [6.45, 7) is 0.355. The van der Waals surface area contributed by atoms with Crippen LogP contribution in [0.25, 0.3) is 0 Å². The summed E-state index contributed by atoms with van der Waals surface area (Å²) in [6, 6.07) is 28.2. The lowest BCUT2D eigenvalue weighted by atomic mass is 10.1. The molecule has 0 saturated heterocycles. The normalized spacial score (nSPS) is 11.2. The lowest BCUT2D eigenvalue weighted by Gasteiger charge is -2.24. The summed E-state index contributed by atoms with van der Waals surface area (Å²) in [6.07, 6.45) is -3.90. The lowest BCUT2D eigenvalue weighted by molar-refractivity contribution is -0.138. The molecule has 9 heteroatoms. The Morgan fingerprint density at radius 3 is 1.92 bits per heavy atom. The van der Waals surface area contributed by atoms with Crippen LogP contribution in [-0.4, -0.2) is 23.7 Å². The molecule has 0 unspecified atom stereocenters. The van der Waals surface area contributed by atoms with Crippen LogP contribution in [0.2, 0.25) is 0 Å². The molecule has 0 fully saturated rings. The van der Waals surface area contributed by atoms with Gasteiger partial charge in [-0.05, 0) is 78.2 Å². The van der Waals surface area contributed by atoms with Gasteiger partial charge in [-0.2, -0.15) is 13.2 Å². The summed E-state index contributed by atoms with van der Waals surface area (Å²) in [5.41, 5.74) is 1.87. The van der Waals surface area contributed by atoms with Crippen molar-refractivity contribution in [3.05, 3.63) is 120 Å². The van der Waals surface area contributed by atoms with Gasteiger partial charge in [0, 0.05) is 27.7 Å². The minimum atomic E-state index is -4.45. The highest BCUT2D eigenvalue weighted by Gasteiger charge is 2.30. The molecule has 2 amide bonds. The molecule has 4 aromatic rings. The van der Waals surface area contributed by atoms with Gasteiger partial charge in [0.15, 0.2) is 0 Å². The number of benzene rings is 4. The average Bonchev–Trinajstić information content (AvgIpc) is 2.91. The van der Waals surface area contributed by atoms with Crippen molar-refractivity contribution in [3.8, 4) is 0 Å². The second-order valence-electron chi connectivity index (χ2n) is 8.70. The van der Waals surface area contributed by atoms with Crippen LogP contribution in [0.1, 0.15) is 16.7 Å². The summed E-state index contributed by atoms with van der Waals surface area (Å²) in [5.74, 6) is -0.884. The number of carbonyl (C=O) groups is 2. The minimum absolute atomic E-state index is 0.0347. The number of amides is 2. The lowest BCUT2D eigenvalue weighted by Crippen LogP contribution is -2.36. The zero-order valence-corrected chi connectivity index (χ0v) is 21.5. The summed E-state index contributed by atoms with van der Waals surface area (Å²) in [5, 5.41) is 11.6. The molecule has 0 aromatic heterocycles. The van der Waals surface area contributed by atoms with Crippen LogP contribution in [0, 0.1) is 0 Å². The molecule has 0 aliphatic heterocycles. The predicted octanol–water partition coefficient (Wildman–Crippen LogP) is 7.76. The van der Waals surface area contributed by atoms with Crippen LogP contribution in [0.4, 0.5) is 29.3 Å². The molecule has 0 aliphatic carbocycles. The van der Waals surface area contributed by atoms with E-state index in [1.807, 2.05) is 66.7 Å². The van der Waals surface area contributed by atoms with Crippen molar-refractivity contribution >= 4 is 35.1 Å². The van der Waals surface area contributed by atoms with Crippen molar-refractivity contribution in [3.63, 3.8) is 0 Å². The maximum absolute atomic E-state index is 13.2. The number of hydrogen-bond acceptors (Lipinski definition) is 3. The van der Waals surface area contributed by atoms with Crippen LogP contribution in [-0.2, 0) is 23.8 Å². The van der Waals surface area contributed by atoms with E-state index in [-0.39, 0.29) is 12.1 Å². The number of alkyl halides is 3. The molecule has 5 nitrogen and oxygen atoms in total. The predicted molar refractivity (Wildman–Crippen MR) is 146 cm³/mol. The van der Waals surface area contributed by atoms with Crippen LogP contribution in [0.15, 0.2) is 113 Å². The standard InChI is InChI=1S/C30H25F3N2O3S/c31-30(32,33)23-8-10-24(11-9-23)34-29(38)35(19-18-21-4-2-1-3-5-21)25-12-16-27(17-13-25)39-26-14-6-22(7-15-26)20-28(36)37/h1-17H,18-20H2,(H,34,38)(H,36,37). The molecule has 0 spiro atoms. The van der Waals surface area contributed by atoms with Crippen molar-refractivity contribution in [2.75, 3.05) is 16.8 Å². The van der Waals surface area contributed by atoms with Gasteiger partial charge >= 0.3 is 18.2 Å². The number of carboxylic acids is 1. The Morgan fingerprint density at radius 1 is 0.769 bits per heavy atom. The van der Waals surface area contributed by atoms with Crippen molar-refractivity contribution in [2.45, 2.75) is 28.8 Å². The highest BCUT2D eigenvalue weighted by molar-refractivity contribution is 7.99. The zero-order valence-electron chi connectivity index (χ0n) is 20.7. The van der Waals surface area contributed by atoms with Crippen LogP contribution in [0.3, 0.4) is 0 Å². The molecule has 0 bridgehead atoms. The molecule has 0 aliphatic rings. The Hall–Kier alpha value is -4.24. The third kappa shape index (κ3) is 8.12. The zero-order chi connectivity index (χ0) is 27.8. The van der Waals surface area contributed by atoms with Gasteiger partial charge in [-0.25, -0.2) is 4.79 Å². The van der Waals surface area contributed by atoms with E-state index in [2.05, 4.69) is 5.32 Å². The van der Waals surface area contributed by atoms with Crippen LogP contribution >= 0.6 is 11.8 Å². The first-order chi connectivity index (χ1) is 18.7. The van der Waals surface area contributed by atoms with Gasteiger partial charge < -0.3 is 10.4 Å². The van der Waals surface area contributed by atoms with Gasteiger partial charge in [0.05, 0.1) is 12.0 Å². The Balaban J connectivity index is 1.49. The Bertz CT molecular complexity index is 1390. The van der Waals surface area contributed by atoms with E-state index in [4.69, 9.17) is 5.11 Å². The Kier molecular flexibility index (Phi) is 8.93. The van der Waals surface area contributed by atoms with E-state index in [0.717, 1.165) is 33.1 Å². The number of nitrogens with zero attached hydrogens (tertiary/aromatic N) is 1. The van der Waals surface area contributed by atoms with Crippen LogP contribution in [0.5, 0.6) is 0 Å². The van der Waals surface area contributed by atoms with E-state index in [1.165, 1.54) is 23.9 Å². The first kappa shape index (κ1) is 27.8. The molecule has 0 saturated carbocycles. The number of carbonyl (C=O) groups excluding carboxylic acids is 1. The van der Waals surface area contributed by atoms with Gasteiger partial charge in [0.2, 0.25) is 0 Å². The Labute approximate surface area is 228 Å². The fraction of sp³-hybridized carbons (Fsp3) is 0.133. The fourth-order valence-electron chi connectivity index (χ4n) is 3.85. The highest BCUT2D eigenvalue weighted by Crippen LogP contribution is 2.31. The van der Waals surface area contributed by atoms with E-state index in [1.54, 1.807) is 17.0 Å². The van der Waals surface area contributed by atoms with Gasteiger partial charge in [-0.1, -0.05) is 54.2 Å². The first-order valence-electron chi connectivity index (χ1n) is 12.1. The maximum Gasteiger partial charge on any atom is 0.416 e. The van der Waals surface area contributed by atoms with Crippen molar-refractivity contribution in [1.29, 1.82) is 0 Å². The van der Waals surface area contributed by atoms with Gasteiger partial charge in [0.25, 0.3) is 0 Å². The molecule has 200 valence electrons. The highest BCUT2D eigenvalue weighted by atomic mass is 32.2. The number of urea groups is 1. The molecule has 0 atom stereocenters. The Morgan fingerprint density at radius 2 is 1.36 bits per heavy atom. The van der Waals surface area contributed by atoms with E-state index < -0.39 is 23.7 Å². The molecule has 0 radical (unpaired) electrons. The van der Waals surface area contributed by atoms with Crippen molar-refractivity contribution < 1.29 is 27.9 Å². The van der Waals surface area contributed by atoms with Gasteiger partial charge in [-0.3, -0.25) is 9.69 Å². The monoisotopic (exact) mass is 550 g/mol. The second kappa shape index (κ2) is 12.5. The quantitative estimate of drug-likeness (QED) is 0.223. The number of aliphatic carboxylic acids is 1. The largest absolute Gasteiger partial charge is 0.481 e. The third-order valence-corrected chi connectivity index (χ3v) is 6.85. The molecule has 4 aromatic carbocycles. The smallest absolute Gasteiger partial charge is 0.416 e. The van der Waals surface area contributed by atoms with Gasteiger partial charge in [0.1, 0.15) is 0 Å². The summed E-state index contributed by atoms with van der Waals surface area (Å²) in [7, 11) is 0. The van der Waals surface area contributed by atoms with Crippen molar-refractivity contribution in [2.24, 2.45) is 0 Å². The topological polar surface area (TPSA) is 69.6 Å². The van der Waals surface area contributed by atoms with E-state index >= 15 is 0 Å². The summed E-state index contributed by atoms with van der Waals surface area (Å²) in [4.78, 5) is 27.6. The first-order valence-corrected chi connectivity index (χ1v) is 12.9. The van der Waals surface area contributed by atoms with Crippen LogP contribution < -0.4 is 10.2 Å². The summed E-state index contributed by atoms with van der Waals surface area (Å²) >= 11 is 1.50. The maximum atomic E-state index is 13.2. The molecule has 39 heavy (non-hydrogen) atoms. The molecule has 0 heterocycles. The number of hydrogen-bond donors (Lipinski definition) is 2. The molecular weight excluding hydrogens is 525 g/mol. The fourth-order valence-corrected chi connectivity index (χ4v) is 4.66. The number of nitrogens with one attached hydrogen (secondary N) is 1. The van der Waals surface area contributed by atoms with Gasteiger partial charge in [-0.15, -0.1) is 0 Å². The molecular formula is C30H25F3N2O3S. The van der Waals surface area contributed by atoms with Crippen molar-refractivity contribution in [1.82, 2.24) is 0 Å². The minimum Gasteiger partial charge on any atom is -0.481 e. The van der Waals surface area contributed by atoms with E-state index in [9.17, 15) is 22.8 Å². The molecule has 4 rings (SSSR count). The number of halogens is 3. The molecule has 2 N–H and O–H groups in total. The number of anilines is 2. The SMILES string of the molecule is O=C(O)Cc1ccc(Sc2ccc(N(CCc3ccccc3)C(=O)Nc3ccc(C(F)(F)F)cc3)cc2)cc1. The third-order valence-electron chi connectivity index (χ3n) is 5.84. The number of carboxylic acid groups (broad SMARTS) is 1. The average molecular weight is 551 g/mol. The summed E-state index contributed by atoms with van der Waals surface area (Å²) < 4.78 is 38.7. The number of rotatable bonds is 9.